The highest BCUT2D eigenvalue weighted by molar-refractivity contribution is 6.33. The Morgan fingerprint density at radius 3 is 3.00 bits per heavy atom. The predicted octanol–water partition coefficient (Wildman–Crippen LogP) is 2.35. The number of aryl methyl sites for hydroxylation is 1. The Morgan fingerprint density at radius 1 is 1.36 bits per heavy atom. The molecule has 0 saturated heterocycles. The van der Waals surface area contributed by atoms with Crippen molar-refractivity contribution in [3.8, 4) is 0 Å². The first-order chi connectivity index (χ1) is 6.79. The number of fused-ring (bicyclic) bond motifs is 1. The number of benzene rings is 1. The van der Waals surface area contributed by atoms with E-state index in [0.29, 0.717) is 0 Å². The zero-order valence-electron chi connectivity index (χ0n) is 7.99. The summed E-state index contributed by atoms with van der Waals surface area (Å²) in [6, 6.07) is 7.72. The Hall–Kier alpha value is -1.44. The molecule has 1 aromatic carbocycles. The van der Waals surface area contributed by atoms with Crippen molar-refractivity contribution in [1.29, 1.82) is 0 Å². The molecular weight excluding hydrogens is 171 g/mol. The molecule has 2 radical (unpaired) electrons. The minimum absolute atomic E-state index is 0.772. The van der Waals surface area contributed by atoms with E-state index in [4.69, 9.17) is 12.3 Å². The summed E-state index contributed by atoms with van der Waals surface area (Å²) in [4.78, 5) is 0. The van der Waals surface area contributed by atoms with Crippen LogP contribution >= 0.6 is 0 Å². The van der Waals surface area contributed by atoms with Gasteiger partial charge in [0.1, 0.15) is 19.2 Å². The number of furan rings is 1. The third-order valence-electron chi connectivity index (χ3n) is 2.19. The van der Waals surface area contributed by atoms with Crippen molar-refractivity contribution in [3.63, 3.8) is 0 Å². The lowest BCUT2D eigenvalue weighted by Gasteiger charge is -1.90. The maximum atomic E-state index is 5.68. The Labute approximate surface area is 84.8 Å². The fraction of sp³-hybridized carbons (Fsp3) is 0.167. The zero-order chi connectivity index (χ0) is 9.97. The SMILES string of the molecule is [B]c1ccc2oc(CCC=C)cc2c1. The van der Waals surface area contributed by atoms with Crippen molar-refractivity contribution in [2.45, 2.75) is 12.8 Å². The molecule has 0 spiro atoms. The highest BCUT2D eigenvalue weighted by Crippen LogP contribution is 2.18. The number of rotatable bonds is 3. The van der Waals surface area contributed by atoms with Crippen molar-refractivity contribution >= 4 is 24.3 Å². The fourth-order valence-electron chi connectivity index (χ4n) is 1.48. The van der Waals surface area contributed by atoms with Gasteiger partial charge in [-0.2, -0.15) is 0 Å². The lowest BCUT2D eigenvalue weighted by Crippen LogP contribution is -1.98. The minimum atomic E-state index is 0.772. The first kappa shape index (κ1) is 9.13. The largest absolute Gasteiger partial charge is 0.461 e. The summed E-state index contributed by atoms with van der Waals surface area (Å²) in [5, 5.41) is 1.07. The topological polar surface area (TPSA) is 13.1 Å². The molecule has 0 N–H and O–H groups in total. The molecule has 14 heavy (non-hydrogen) atoms. The van der Waals surface area contributed by atoms with Crippen LogP contribution in [-0.2, 0) is 6.42 Å². The van der Waals surface area contributed by atoms with Gasteiger partial charge in [0.25, 0.3) is 0 Å². The van der Waals surface area contributed by atoms with Crippen LogP contribution in [0, 0.1) is 0 Å². The van der Waals surface area contributed by atoms with Crippen LogP contribution in [0.25, 0.3) is 11.0 Å². The first-order valence-corrected chi connectivity index (χ1v) is 4.68. The van der Waals surface area contributed by atoms with Crippen molar-refractivity contribution in [1.82, 2.24) is 0 Å². The first-order valence-electron chi connectivity index (χ1n) is 4.68. The molecule has 1 heterocycles. The van der Waals surface area contributed by atoms with Gasteiger partial charge < -0.3 is 4.42 Å². The van der Waals surface area contributed by atoms with Crippen LogP contribution in [0.1, 0.15) is 12.2 Å². The van der Waals surface area contributed by atoms with Gasteiger partial charge in [0, 0.05) is 11.8 Å². The van der Waals surface area contributed by atoms with Gasteiger partial charge in [-0.05, 0) is 18.6 Å². The molecule has 2 heteroatoms. The quantitative estimate of drug-likeness (QED) is 0.524. The number of hydrogen-bond donors (Lipinski definition) is 0. The van der Waals surface area contributed by atoms with Crippen molar-refractivity contribution < 1.29 is 4.42 Å². The van der Waals surface area contributed by atoms with Crippen molar-refractivity contribution in [2.24, 2.45) is 0 Å². The minimum Gasteiger partial charge on any atom is -0.461 e. The third kappa shape index (κ3) is 1.74. The Morgan fingerprint density at radius 2 is 2.21 bits per heavy atom. The Balaban J connectivity index is 2.36. The maximum absolute atomic E-state index is 5.68. The molecule has 0 bridgehead atoms. The van der Waals surface area contributed by atoms with Crippen LogP contribution in [0.15, 0.2) is 41.3 Å². The van der Waals surface area contributed by atoms with E-state index in [2.05, 4.69) is 6.58 Å². The number of allylic oxidation sites excluding steroid dienone is 1. The second kappa shape index (κ2) is 3.75. The van der Waals surface area contributed by atoms with Crippen LogP contribution in [0.3, 0.4) is 0 Å². The molecule has 1 aromatic heterocycles. The van der Waals surface area contributed by atoms with E-state index in [1.165, 1.54) is 0 Å². The summed E-state index contributed by atoms with van der Waals surface area (Å²) in [5.41, 5.74) is 1.67. The van der Waals surface area contributed by atoms with Gasteiger partial charge in [-0.15, -0.1) is 6.58 Å². The third-order valence-corrected chi connectivity index (χ3v) is 2.19. The predicted molar refractivity (Wildman–Crippen MR) is 60.1 cm³/mol. The van der Waals surface area contributed by atoms with Gasteiger partial charge in [-0.1, -0.05) is 23.7 Å². The molecule has 2 aromatic rings. The Kier molecular flexibility index (Phi) is 2.44. The van der Waals surface area contributed by atoms with E-state index in [9.17, 15) is 0 Å². The zero-order valence-corrected chi connectivity index (χ0v) is 7.99. The average Bonchev–Trinajstić information content (AvgIpc) is 2.56. The normalized spacial score (nSPS) is 10.6. The Bertz CT molecular complexity index is 456. The summed E-state index contributed by atoms with van der Waals surface area (Å²) in [7, 11) is 5.68. The van der Waals surface area contributed by atoms with Crippen LogP contribution in [-0.4, -0.2) is 7.85 Å². The summed E-state index contributed by atoms with van der Waals surface area (Å²) >= 11 is 0. The molecule has 0 saturated carbocycles. The van der Waals surface area contributed by atoms with Crippen LogP contribution in [0.5, 0.6) is 0 Å². The lowest BCUT2D eigenvalue weighted by molar-refractivity contribution is 0.549. The van der Waals surface area contributed by atoms with Crippen LogP contribution in [0.2, 0.25) is 0 Å². The fourth-order valence-corrected chi connectivity index (χ4v) is 1.48. The number of hydrogen-bond acceptors (Lipinski definition) is 1. The summed E-state index contributed by atoms with van der Waals surface area (Å²) < 4.78 is 5.62. The highest BCUT2D eigenvalue weighted by Gasteiger charge is 2.02. The van der Waals surface area contributed by atoms with Crippen molar-refractivity contribution in [3.05, 3.63) is 42.7 Å². The molecule has 0 aliphatic heterocycles. The van der Waals surface area contributed by atoms with Gasteiger partial charge >= 0.3 is 0 Å². The molecule has 0 amide bonds. The van der Waals surface area contributed by atoms with E-state index in [1.54, 1.807) is 0 Å². The van der Waals surface area contributed by atoms with E-state index >= 15 is 0 Å². The van der Waals surface area contributed by atoms with Gasteiger partial charge in [0.15, 0.2) is 0 Å². The van der Waals surface area contributed by atoms with E-state index in [0.717, 1.165) is 35.0 Å². The summed E-state index contributed by atoms with van der Waals surface area (Å²) in [6.45, 7) is 3.68. The summed E-state index contributed by atoms with van der Waals surface area (Å²) in [5.74, 6) is 0.991. The lowest BCUT2D eigenvalue weighted by atomic mass is 9.95. The molecule has 2 rings (SSSR count). The molecule has 68 valence electrons. The van der Waals surface area contributed by atoms with Crippen molar-refractivity contribution in [2.75, 3.05) is 0 Å². The molecule has 1 nitrogen and oxygen atoms in total. The second-order valence-corrected chi connectivity index (χ2v) is 3.34. The maximum Gasteiger partial charge on any atom is 0.134 e. The molecule has 0 atom stereocenters. The van der Waals surface area contributed by atoms with Crippen LogP contribution < -0.4 is 5.46 Å². The molecule has 0 aliphatic rings. The smallest absolute Gasteiger partial charge is 0.134 e. The average molecular weight is 182 g/mol. The van der Waals surface area contributed by atoms with Gasteiger partial charge in [-0.3, -0.25) is 0 Å². The van der Waals surface area contributed by atoms with E-state index in [1.807, 2.05) is 30.3 Å². The van der Waals surface area contributed by atoms with E-state index < -0.39 is 0 Å². The monoisotopic (exact) mass is 182 g/mol. The van der Waals surface area contributed by atoms with E-state index in [-0.39, 0.29) is 0 Å². The summed E-state index contributed by atoms with van der Waals surface area (Å²) in [6.07, 6.45) is 3.73. The molecular formula is C12H11BO. The molecule has 0 aliphatic carbocycles. The van der Waals surface area contributed by atoms with Gasteiger partial charge in [-0.25, -0.2) is 0 Å². The van der Waals surface area contributed by atoms with Gasteiger partial charge in [0.05, 0.1) is 0 Å². The molecule has 0 unspecified atom stereocenters. The van der Waals surface area contributed by atoms with Gasteiger partial charge in [0.2, 0.25) is 0 Å². The van der Waals surface area contributed by atoms with Crippen LogP contribution in [0.4, 0.5) is 0 Å². The second-order valence-electron chi connectivity index (χ2n) is 3.34. The highest BCUT2D eigenvalue weighted by atomic mass is 16.3. The standard InChI is InChI=1S/C12H11BO/c1-2-3-4-11-8-9-7-10(13)5-6-12(9)14-11/h2,5-8H,1,3-4H2. The molecule has 0 fully saturated rings.